The molecular weight excluding hydrogens is 310 g/mol. The molecule has 0 aliphatic heterocycles. The summed E-state index contributed by atoms with van der Waals surface area (Å²) in [6.07, 6.45) is 2.63. The first-order valence-corrected chi connectivity index (χ1v) is 8.35. The zero-order valence-corrected chi connectivity index (χ0v) is 13.9. The minimum atomic E-state index is -0.337. The van der Waals surface area contributed by atoms with Gasteiger partial charge in [0.05, 0.1) is 18.3 Å². The van der Waals surface area contributed by atoms with Gasteiger partial charge < -0.3 is 15.8 Å². The Morgan fingerprint density at radius 3 is 3.00 bits per heavy atom. The molecule has 1 aromatic carbocycles. The van der Waals surface area contributed by atoms with Gasteiger partial charge in [-0.2, -0.15) is 0 Å². The summed E-state index contributed by atoms with van der Waals surface area (Å²) in [6.45, 7) is 2.64. The number of benzene rings is 1. The first-order chi connectivity index (χ1) is 11.2. The molecule has 120 valence electrons. The summed E-state index contributed by atoms with van der Waals surface area (Å²) in [6, 6.07) is 7.91. The molecule has 0 spiro atoms. The maximum atomic E-state index is 12.2. The Bertz CT molecular complexity index is 860. The number of nitrogens with two attached hydrogens (primary N) is 1. The standard InChI is InChI=1S/C17H19N3O2S/c1-3-10(18)9-20-15-14-11-5-4-8-19-12(11)6-7-13(14)23-16(15)17(21)22-2/h4-8,10,20H,3,9,18H2,1-2H3/t10-/m1/s1. The van der Waals surface area contributed by atoms with Crippen molar-refractivity contribution in [2.75, 3.05) is 19.0 Å². The van der Waals surface area contributed by atoms with Crippen LogP contribution in [0.1, 0.15) is 23.0 Å². The zero-order valence-electron chi connectivity index (χ0n) is 13.1. The van der Waals surface area contributed by atoms with E-state index in [-0.39, 0.29) is 12.0 Å². The van der Waals surface area contributed by atoms with Crippen LogP contribution in [-0.4, -0.2) is 30.6 Å². The van der Waals surface area contributed by atoms with Gasteiger partial charge in [-0.1, -0.05) is 13.0 Å². The highest BCUT2D eigenvalue weighted by Crippen LogP contribution is 2.40. The normalized spacial score (nSPS) is 12.5. The molecule has 1 atom stereocenters. The van der Waals surface area contributed by atoms with Gasteiger partial charge in [0.2, 0.25) is 0 Å². The molecule has 3 aromatic rings. The third kappa shape index (κ3) is 2.87. The van der Waals surface area contributed by atoms with Crippen molar-refractivity contribution in [3.63, 3.8) is 0 Å². The maximum absolute atomic E-state index is 12.2. The molecule has 0 saturated heterocycles. The van der Waals surface area contributed by atoms with E-state index in [4.69, 9.17) is 10.5 Å². The summed E-state index contributed by atoms with van der Waals surface area (Å²) in [5.74, 6) is -0.337. The number of rotatable bonds is 5. The van der Waals surface area contributed by atoms with Gasteiger partial charge in [-0.15, -0.1) is 11.3 Å². The van der Waals surface area contributed by atoms with E-state index in [1.54, 1.807) is 6.20 Å². The lowest BCUT2D eigenvalue weighted by Crippen LogP contribution is -2.28. The average Bonchev–Trinajstić information content (AvgIpc) is 2.98. The maximum Gasteiger partial charge on any atom is 0.350 e. The molecule has 0 aliphatic carbocycles. The quantitative estimate of drug-likeness (QED) is 0.702. The van der Waals surface area contributed by atoms with E-state index in [0.717, 1.165) is 33.1 Å². The van der Waals surface area contributed by atoms with Crippen molar-refractivity contribution in [1.82, 2.24) is 4.98 Å². The number of anilines is 1. The predicted molar refractivity (Wildman–Crippen MR) is 95.2 cm³/mol. The number of hydrogen-bond donors (Lipinski definition) is 2. The number of ether oxygens (including phenoxy) is 1. The molecular formula is C17H19N3O2S. The van der Waals surface area contributed by atoms with E-state index >= 15 is 0 Å². The van der Waals surface area contributed by atoms with Crippen molar-refractivity contribution in [3.8, 4) is 0 Å². The van der Waals surface area contributed by atoms with Crippen LogP contribution in [0.3, 0.4) is 0 Å². The molecule has 0 bridgehead atoms. The molecule has 2 heterocycles. The Balaban J connectivity index is 2.21. The predicted octanol–water partition coefficient (Wildman–Crippen LogP) is 3.39. The van der Waals surface area contributed by atoms with Crippen molar-refractivity contribution in [2.45, 2.75) is 19.4 Å². The molecule has 0 amide bonds. The molecule has 0 radical (unpaired) electrons. The van der Waals surface area contributed by atoms with Crippen LogP contribution in [0.25, 0.3) is 21.0 Å². The number of carbonyl (C=O) groups excluding carboxylic acids is 1. The number of methoxy groups -OCH3 is 1. The molecule has 0 saturated carbocycles. The summed E-state index contributed by atoms with van der Waals surface area (Å²) >= 11 is 1.43. The Morgan fingerprint density at radius 2 is 2.26 bits per heavy atom. The zero-order chi connectivity index (χ0) is 16.4. The van der Waals surface area contributed by atoms with E-state index in [1.165, 1.54) is 18.4 Å². The van der Waals surface area contributed by atoms with Crippen molar-refractivity contribution >= 4 is 44.0 Å². The third-order valence-corrected chi connectivity index (χ3v) is 5.01. The summed E-state index contributed by atoms with van der Waals surface area (Å²) in [5.41, 5.74) is 7.71. The highest BCUT2D eigenvalue weighted by atomic mass is 32.1. The van der Waals surface area contributed by atoms with E-state index in [1.807, 2.05) is 31.2 Å². The fourth-order valence-corrected chi connectivity index (χ4v) is 3.65. The highest BCUT2D eigenvalue weighted by molar-refractivity contribution is 7.21. The molecule has 3 N–H and O–H groups in total. The van der Waals surface area contributed by atoms with E-state index in [9.17, 15) is 4.79 Å². The number of pyridine rings is 1. The fourth-order valence-electron chi connectivity index (χ4n) is 2.53. The van der Waals surface area contributed by atoms with Gasteiger partial charge in [0.15, 0.2) is 0 Å². The second-order valence-electron chi connectivity index (χ2n) is 5.36. The third-order valence-electron chi connectivity index (χ3n) is 3.87. The fraction of sp³-hybridized carbons (Fsp3) is 0.294. The number of aromatic nitrogens is 1. The number of carbonyl (C=O) groups is 1. The van der Waals surface area contributed by atoms with Gasteiger partial charge in [-0.05, 0) is 24.6 Å². The lowest BCUT2D eigenvalue weighted by Gasteiger charge is -2.13. The molecule has 5 nitrogen and oxygen atoms in total. The number of fused-ring (bicyclic) bond motifs is 3. The molecule has 0 unspecified atom stereocenters. The topological polar surface area (TPSA) is 77.2 Å². The number of hydrogen-bond acceptors (Lipinski definition) is 6. The number of esters is 1. The summed E-state index contributed by atoms with van der Waals surface area (Å²) in [5, 5.41) is 5.37. The van der Waals surface area contributed by atoms with Gasteiger partial charge >= 0.3 is 5.97 Å². The van der Waals surface area contributed by atoms with Crippen LogP contribution in [0.4, 0.5) is 5.69 Å². The van der Waals surface area contributed by atoms with Crippen molar-refractivity contribution in [1.29, 1.82) is 0 Å². The average molecular weight is 329 g/mol. The monoisotopic (exact) mass is 329 g/mol. The molecule has 0 aliphatic rings. The van der Waals surface area contributed by atoms with Crippen molar-refractivity contribution in [2.24, 2.45) is 5.73 Å². The van der Waals surface area contributed by atoms with Crippen LogP contribution in [0, 0.1) is 0 Å². The van der Waals surface area contributed by atoms with Gasteiger partial charge in [0.1, 0.15) is 4.88 Å². The van der Waals surface area contributed by atoms with Gasteiger partial charge in [-0.3, -0.25) is 4.98 Å². The number of nitrogens with zero attached hydrogens (tertiary/aromatic N) is 1. The van der Waals surface area contributed by atoms with Crippen LogP contribution >= 0.6 is 11.3 Å². The number of nitrogens with one attached hydrogen (secondary N) is 1. The summed E-state index contributed by atoms with van der Waals surface area (Å²) in [4.78, 5) is 17.1. The Morgan fingerprint density at radius 1 is 1.43 bits per heavy atom. The molecule has 6 heteroatoms. The van der Waals surface area contributed by atoms with Gasteiger partial charge in [0, 0.05) is 34.3 Å². The lowest BCUT2D eigenvalue weighted by atomic mass is 10.1. The van der Waals surface area contributed by atoms with E-state index < -0.39 is 0 Å². The number of thiophene rings is 1. The van der Waals surface area contributed by atoms with Crippen LogP contribution in [-0.2, 0) is 4.74 Å². The van der Waals surface area contributed by atoms with Crippen molar-refractivity contribution < 1.29 is 9.53 Å². The molecule has 2 aromatic heterocycles. The lowest BCUT2D eigenvalue weighted by molar-refractivity contribution is 0.0607. The molecule has 3 rings (SSSR count). The SMILES string of the molecule is CC[C@@H](N)CNc1c(C(=O)OC)sc2ccc3ncccc3c12. The van der Waals surface area contributed by atoms with E-state index in [2.05, 4.69) is 10.3 Å². The minimum Gasteiger partial charge on any atom is -0.465 e. The smallest absolute Gasteiger partial charge is 0.350 e. The second kappa shape index (κ2) is 6.52. The van der Waals surface area contributed by atoms with Crippen LogP contribution in [0.2, 0.25) is 0 Å². The largest absolute Gasteiger partial charge is 0.465 e. The summed E-state index contributed by atoms with van der Waals surface area (Å²) < 4.78 is 5.96. The summed E-state index contributed by atoms with van der Waals surface area (Å²) in [7, 11) is 1.40. The van der Waals surface area contributed by atoms with Crippen molar-refractivity contribution in [3.05, 3.63) is 35.3 Å². The Kier molecular flexibility index (Phi) is 4.45. The van der Waals surface area contributed by atoms with Gasteiger partial charge in [-0.25, -0.2) is 4.79 Å². The minimum absolute atomic E-state index is 0.0311. The van der Waals surface area contributed by atoms with Crippen LogP contribution < -0.4 is 11.1 Å². The highest BCUT2D eigenvalue weighted by Gasteiger charge is 2.21. The van der Waals surface area contributed by atoms with E-state index in [0.29, 0.717) is 11.4 Å². The molecule has 23 heavy (non-hydrogen) atoms. The Labute approximate surface area is 138 Å². The van der Waals surface area contributed by atoms with Gasteiger partial charge in [0.25, 0.3) is 0 Å². The van der Waals surface area contributed by atoms with Crippen LogP contribution in [0.5, 0.6) is 0 Å². The Hall–Kier alpha value is -2.18. The first kappa shape index (κ1) is 15.7. The first-order valence-electron chi connectivity index (χ1n) is 7.53. The van der Waals surface area contributed by atoms with Crippen LogP contribution in [0.15, 0.2) is 30.5 Å². The second-order valence-corrected chi connectivity index (χ2v) is 6.41. The molecule has 0 fully saturated rings.